The SMILES string of the molecule is O=C(OCc1ccccc1)N1CCC[C@@]2(CO2)C1. The van der Waals surface area contributed by atoms with E-state index >= 15 is 0 Å². The predicted molar refractivity (Wildman–Crippen MR) is 66.1 cm³/mol. The molecule has 2 saturated heterocycles. The molecule has 2 aliphatic rings. The molecule has 2 fully saturated rings. The Balaban J connectivity index is 1.52. The Labute approximate surface area is 106 Å². The van der Waals surface area contributed by atoms with Gasteiger partial charge in [-0.25, -0.2) is 4.79 Å². The van der Waals surface area contributed by atoms with Crippen molar-refractivity contribution in [2.24, 2.45) is 0 Å². The van der Waals surface area contributed by atoms with Crippen molar-refractivity contribution in [3.63, 3.8) is 0 Å². The van der Waals surface area contributed by atoms with E-state index in [0.717, 1.165) is 31.6 Å². The quantitative estimate of drug-likeness (QED) is 0.752. The molecular weight excluding hydrogens is 230 g/mol. The van der Waals surface area contributed by atoms with Gasteiger partial charge < -0.3 is 14.4 Å². The highest BCUT2D eigenvalue weighted by molar-refractivity contribution is 5.68. The van der Waals surface area contributed by atoms with E-state index in [0.29, 0.717) is 13.2 Å². The molecule has 4 heteroatoms. The summed E-state index contributed by atoms with van der Waals surface area (Å²) in [6, 6.07) is 9.74. The average Bonchev–Trinajstić information content (AvgIpc) is 3.16. The van der Waals surface area contributed by atoms with Gasteiger partial charge in [0.15, 0.2) is 0 Å². The normalized spacial score (nSPS) is 26.1. The summed E-state index contributed by atoms with van der Waals surface area (Å²) in [5.41, 5.74) is 0.976. The number of hydrogen-bond acceptors (Lipinski definition) is 3. The van der Waals surface area contributed by atoms with Crippen molar-refractivity contribution in [2.45, 2.75) is 25.0 Å². The topological polar surface area (TPSA) is 42.1 Å². The number of carbonyl (C=O) groups excluding carboxylic acids is 1. The van der Waals surface area contributed by atoms with Crippen molar-refractivity contribution < 1.29 is 14.3 Å². The number of nitrogens with zero attached hydrogens (tertiary/aromatic N) is 1. The van der Waals surface area contributed by atoms with E-state index in [1.54, 1.807) is 4.90 Å². The molecule has 3 rings (SSSR count). The van der Waals surface area contributed by atoms with Gasteiger partial charge in [0.05, 0.1) is 13.2 Å². The lowest BCUT2D eigenvalue weighted by atomic mass is 9.99. The molecule has 0 radical (unpaired) electrons. The van der Waals surface area contributed by atoms with Gasteiger partial charge in [0.1, 0.15) is 12.2 Å². The van der Waals surface area contributed by atoms with E-state index < -0.39 is 0 Å². The molecule has 0 aromatic heterocycles. The van der Waals surface area contributed by atoms with Crippen LogP contribution < -0.4 is 0 Å². The maximum absolute atomic E-state index is 11.9. The van der Waals surface area contributed by atoms with Crippen molar-refractivity contribution in [1.29, 1.82) is 0 Å². The monoisotopic (exact) mass is 247 g/mol. The van der Waals surface area contributed by atoms with Crippen LogP contribution in [-0.2, 0) is 16.1 Å². The summed E-state index contributed by atoms with van der Waals surface area (Å²) >= 11 is 0. The molecule has 0 bridgehead atoms. The lowest BCUT2D eigenvalue weighted by Crippen LogP contribution is -2.44. The largest absolute Gasteiger partial charge is 0.445 e. The first-order valence-electron chi connectivity index (χ1n) is 6.37. The lowest BCUT2D eigenvalue weighted by Gasteiger charge is -2.30. The molecule has 0 saturated carbocycles. The number of likely N-dealkylation sites (tertiary alicyclic amines) is 1. The Hall–Kier alpha value is -1.55. The van der Waals surface area contributed by atoms with Crippen LogP contribution in [-0.4, -0.2) is 36.3 Å². The van der Waals surface area contributed by atoms with Crippen LogP contribution in [0.25, 0.3) is 0 Å². The fourth-order valence-corrected chi connectivity index (χ4v) is 2.40. The summed E-state index contributed by atoms with van der Waals surface area (Å²) in [6.07, 6.45) is 1.84. The van der Waals surface area contributed by atoms with Crippen molar-refractivity contribution in [3.8, 4) is 0 Å². The van der Waals surface area contributed by atoms with Gasteiger partial charge in [0, 0.05) is 6.54 Å². The van der Waals surface area contributed by atoms with Crippen LogP contribution in [0, 0.1) is 0 Å². The fraction of sp³-hybridized carbons (Fsp3) is 0.500. The lowest BCUT2D eigenvalue weighted by molar-refractivity contribution is 0.0707. The van der Waals surface area contributed by atoms with Gasteiger partial charge in [-0.1, -0.05) is 30.3 Å². The number of benzene rings is 1. The van der Waals surface area contributed by atoms with Gasteiger partial charge in [-0.2, -0.15) is 0 Å². The van der Waals surface area contributed by atoms with Crippen molar-refractivity contribution in [1.82, 2.24) is 4.90 Å². The molecule has 0 aliphatic carbocycles. The van der Waals surface area contributed by atoms with Gasteiger partial charge in [-0.3, -0.25) is 0 Å². The number of hydrogen-bond donors (Lipinski definition) is 0. The molecule has 1 aromatic rings. The molecule has 0 unspecified atom stereocenters. The third-order valence-corrected chi connectivity index (χ3v) is 3.56. The molecule has 96 valence electrons. The van der Waals surface area contributed by atoms with Crippen LogP contribution in [0.3, 0.4) is 0 Å². The first-order chi connectivity index (χ1) is 8.77. The average molecular weight is 247 g/mol. The van der Waals surface area contributed by atoms with E-state index in [2.05, 4.69) is 0 Å². The molecule has 1 amide bonds. The Morgan fingerprint density at radius 1 is 1.39 bits per heavy atom. The second kappa shape index (κ2) is 4.61. The highest BCUT2D eigenvalue weighted by Crippen LogP contribution is 2.36. The van der Waals surface area contributed by atoms with Gasteiger partial charge >= 0.3 is 6.09 Å². The number of piperidine rings is 1. The Kier molecular flexibility index (Phi) is 2.96. The highest BCUT2D eigenvalue weighted by atomic mass is 16.6. The number of amides is 1. The number of rotatable bonds is 2. The van der Waals surface area contributed by atoms with Crippen LogP contribution >= 0.6 is 0 Å². The van der Waals surface area contributed by atoms with E-state index in [4.69, 9.17) is 9.47 Å². The van der Waals surface area contributed by atoms with Crippen LogP contribution in [0.4, 0.5) is 4.79 Å². The standard InChI is InChI=1S/C14H17NO3/c16-13(17-9-12-5-2-1-3-6-12)15-8-4-7-14(10-15)11-18-14/h1-3,5-6H,4,7-11H2/t14-/m0/s1. The molecule has 2 heterocycles. The van der Waals surface area contributed by atoms with E-state index in [1.165, 1.54) is 0 Å². The van der Waals surface area contributed by atoms with Crippen LogP contribution in [0.5, 0.6) is 0 Å². The summed E-state index contributed by atoms with van der Waals surface area (Å²) < 4.78 is 10.8. The van der Waals surface area contributed by atoms with E-state index in [1.807, 2.05) is 30.3 Å². The van der Waals surface area contributed by atoms with Gasteiger partial charge in [-0.05, 0) is 18.4 Å². The van der Waals surface area contributed by atoms with Gasteiger partial charge in [0.25, 0.3) is 0 Å². The second-order valence-electron chi connectivity index (χ2n) is 5.04. The molecule has 1 aromatic carbocycles. The van der Waals surface area contributed by atoms with Gasteiger partial charge in [-0.15, -0.1) is 0 Å². The van der Waals surface area contributed by atoms with Crippen LogP contribution in [0.15, 0.2) is 30.3 Å². The fourth-order valence-electron chi connectivity index (χ4n) is 2.40. The molecule has 2 aliphatic heterocycles. The summed E-state index contributed by atoms with van der Waals surface area (Å²) in [7, 11) is 0. The van der Waals surface area contributed by atoms with E-state index in [9.17, 15) is 4.79 Å². The summed E-state index contributed by atoms with van der Waals surface area (Å²) in [6.45, 7) is 2.58. The molecule has 0 N–H and O–H groups in total. The Morgan fingerprint density at radius 2 is 2.17 bits per heavy atom. The summed E-state index contributed by atoms with van der Waals surface area (Å²) in [4.78, 5) is 13.7. The van der Waals surface area contributed by atoms with Gasteiger partial charge in [0.2, 0.25) is 0 Å². The Bertz CT molecular complexity index is 428. The first-order valence-corrected chi connectivity index (χ1v) is 6.37. The zero-order chi connectivity index (χ0) is 12.4. The summed E-state index contributed by atoms with van der Waals surface area (Å²) in [5, 5.41) is 0. The minimum absolute atomic E-state index is 0.0377. The minimum Gasteiger partial charge on any atom is -0.445 e. The molecule has 1 atom stereocenters. The van der Waals surface area contributed by atoms with E-state index in [-0.39, 0.29) is 11.7 Å². The smallest absolute Gasteiger partial charge is 0.410 e. The maximum Gasteiger partial charge on any atom is 0.410 e. The number of carbonyl (C=O) groups is 1. The van der Waals surface area contributed by atoms with Crippen LogP contribution in [0.2, 0.25) is 0 Å². The van der Waals surface area contributed by atoms with Crippen LogP contribution in [0.1, 0.15) is 18.4 Å². The van der Waals surface area contributed by atoms with Crippen molar-refractivity contribution >= 4 is 6.09 Å². The first kappa shape index (κ1) is 11.5. The highest BCUT2D eigenvalue weighted by Gasteiger charge is 2.48. The molecular formula is C14H17NO3. The molecule has 4 nitrogen and oxygen atoms in total. The maximum atomic E-state index is 11.9. The summed E-state index contributed by atoms with van der Waals surface area (Å²) in [5.74, 6) is 0. The minimum atomic E-state index is -0.228. The zero-order valence-corrected chi connectivity index (χ0v) is 10.3. The predicted octanol–water partition coefficient (Wildman–Crippen LogP) is 2.19. The number of ether oxygens (including phenoxy) is 2. The zero-order valence-electron chi connectivity index (χ0n) is 10.3. The third kappa shape index (κ3) is 2.48. The third-order valence-electron chi connectivity index (χ3n) is 3.56. The molecule has 1 spiro atoms. The van der Waals surface area contributed by atoms with Crippen molar-refractivity contribution in [2.75, 3.05) is 19.7 Å². The molecule has 18 heavy (non-hydrogen) atoms. The Morgan fingerprint density at radius 3 is 2.89 bits per heavy atom. The number of epoxide rings is 1. The van der Waals surface area contributed by atoms with Crippen molar-refractivity contribution in [3.05, 3.63) is 35.9 Å². The second-order valence-corrected chi connectivity index (χ2v) is 5.04.